The number of rotatable bonds is 4. The number of aromatic nitrogens is 6. The quantitative estimate of drug-likeness (QED) is 0.109. The van der Waals surface area contributed by atoms with Crippen molar-refractivity contribution in [2.24, 2.45) is 11.8 Å². The zero-order valence-corrected chi connectivity index (χ0v) is 22.8. The lowest BCUT2D eigenvalue weighted by atomic mass is 10.1. The summed E-state index contributed by atoms with van der Waals surface area (Å²) in [4.78, 5) is 43.3. The van der Waals surface area contributed by atoms with Crippen molar-refractivity contribution in [2.75, 3.05) is 50.9 Å². The maximum absolute atomic E-state index is 11.7. The summed E-state index contributed by atoms with van der Waals surface area (Å²) in [6.45, 7) is 3.09. The van der Waals surface area contributed by atoms with Gasteiger partial charge in [0.15, 0.2) is 0 Å². The molecule has 6 rings (SSSR count). The number of hydrogen-bond acceptors (Lipinski definition) is 12. The number of nitrogens with one attached hydrogen (secondary N) is 5. The van der Waals surface area contributed by atoms with Gasteiger partial charge in [-0.2, -0.15) is 0 Å². The van der Waals surface area contributed by atoms with Crippen LogP contribution in [-0.4, -0.2) is 112 Å². The molecule has 41 heavy (non-hydrogen) atoms. The van der Waals surface area contributed by atoms with Crippen LogP contribution < -0.4 is 27.9 Å². The summed E-state index contributed by atoms with van der Waals surface area (Å²) in [7, 11) is 0. The molecule has 228 valence electrons. The van der Waals surface area contributed by atoms with E-state index in [0.717, 1.165) is 12.1 Å². The van der Waals surface area contributed by atoms with Gasteiger partial charge in [0, 0.05) is 75.7 Å². The summed E-state index contributed by atoms with van der Waals surface area (Å²) >= 11 is 0. The van der Waals surface area contributed by atoms with Crippen molar-refractivity contribution in [2.45, 2.75) is 18.8 Å². The van der Waals surface area contributed by atoms with Crippen LogP contribution in [0, 0.1) is 11.8 Å². The molecular weight excluding hydrogens is 564 g/mol. The molecular formula is C23H37ClN10O7. The van der Waals surface area contributed by atoms with Crippen LogP contribution in [0.2, 0.25) is 0 Å². The van der Waals surface area contributed by atoms with Gasteiger partial charge < -0.3 is 52.7 Å². The van der Waals surface area contributed by atoms with Crippen molar-refractivity contribution in [3.8, 4) is 0 Å². The second-order valence-corrected chi connectivity index (χ2v) is 9.55. The minimum absolute atomic E-state index is 0. The van der Waals surface area contributed by atoms with E-state index in [0.29, 0.717) is 48.2 Å². The number of nitrogens with two attached hydrogens (primary N) is 2. The number of aromatic amines is 4. The number of aliphatic hydroxyl groups is 4. The Labute approximate surface area is 238 Å². The smallest absolute Gasteiger partial charge is 0.276 e. The molecule has 2 saturated heterocycles. The molecule has 0 unspecified atom stereocenters. The molecule has 0 aromatic carbocycles. The fourth-order valence-electron chi connectivity index (χ4n) is 4.57. The molecule has 4 atom stereocenters. The lowest BCUT2D eigenvalue weighted by Gasteiger charge is -2.14. The van der Waals surface area contributed by atoms with E-state index in [-0.39, 0.29) is 72.1 Å². The van der Waals surface area contributed by atoms with Gasteiger partial charge in [-0.25, -0.2) is 9.97 Å². The van der Waals surface area contributed by atoms with Gasteiger partial charge in [-0.1, -0.05) is 0 Å². The highest BCUT2D eigenvalue weighted by Gasteiger charge is 2.31. The predicted octanol–water partition coefficient (Wildman–Crippen LogP) is -3.39. The van der Waals surface area contributed by atoms with E-state index in [9.17, 15) is 14.7 Å². The van der Waals surface area contributed by atoms with Gasteiger partial charge in [0.2, 0.25) is 11.9 Å². The number of aliphatic hydroxyl groups excluding tert-OH is 4. The largest absolute Gasteiger partial charge is 0.412 e. The molecule has 0 aliphatic carbocycles. The summed E-state index contributed by atoms with van der Waals surface area (Å²) in [5.74, 6) is 0.164. The highest BCUT2D eigenvalue weighted by molar-refractivity contribution is 5.85. The first-order valence-electron chi connectivity index (χ1n) is 12.4. The van der Waals surface area contributed by atoms with E-state index in [2.05, 4.69) is 35.2 Å². The molecule has 0 amide bonds. The molecule has 17 nitrogen and oxygen atoms in total. The van der Waals surface area contributed by atoms with Crippen molar-refractivity contribution >= 4 is 46.4 Å². The standard InChI is InChI=1S/C12H17N5O3.C6H6N4O.C5H11NO2.ClH.H2O/c13-12-15-9-6(1-14-10(9)11(20)16-12)2-17-3-7(5-18)8(19)4-17;7-6-9-3-1-2-8-4(3)5(11)10-6;7-3-4-1-6-2-5(4)8;;/h1,7-8,14,18-19H,2-5H2,(H3,13,15,16,20);1-2,8H,(H3,7,9,10,11);4-8H,1-3H2;1H;1H2/t7-,8-;;4-,5-;;/m1.1../s1. The minimum atomic E-state index is -0.522. The summed E-state index contributed by atoms with van der Waals surface area (Å²) in [5, 5.41) is 39.4. The van der Waals surface area contributed by atoms with Crippen LogP contribution in [0.25, 0.3) is 22.1 Å². The average molecular weight is 601 g/mol. The Morgan fingerprint density at radius 3 is 2.15 bits per heavy atom. The molecule has 6 heterocycles. The Morgan fingerprint density at radius 1 is 0.902 bits per heavy atom. The van der Waals surface area contributed by atoms with Crippen molar-refractivity contribution in [1.82, 2.24) is 40.1 Å². The van der Waals surface area contributed by atoms with E-state index in [1.165, 1.54) is 0 Å². The fraction of sp³-hybridized carbons (Fsp3) is 0.478. The fourth-order valence-corrected chi connectivity index (χ4v) is 4.57. The van der Waals surface area contributed by atoms with E-state index < -0.39 is 6.10 Å². The number of anilines is 2. The third kappa shape index (κ3) is 8.02. The number of likely N-dealkylation sites (tertiary alicyclic amines) is 1. The number of H-pyrrole nitrogens is 4. The zero-order chi connectivity index (χ0) is 28.1. The maximum atomic E-state index is 11.7. The Bertz CT molecular complexity index is 1510. The molecule has 4 aromatic rings. The van der Waals surface area contributed by atoms with Crippen LogP contribution in [0.4, 0.5) is 11.9 Å². The zero-order valence-electron chi connectivity index (χ0n) is 22.0. The van der Waals surface area contributed by atoms with Crippen LogP contribution in [0.1, 0.15) is 5.56 Å². The highest BCUT2D eigenvalue weighted by atomic mass is 35.5. The minimum Gasteiger partial charge on any atom is -0.412 e. The van der Waals surface area contributed by atoms with Crippen LogP contribution in [0.5, 0.6) is 0 Å². The summed E-state index contributed by atoms with van der Waals surface area (Å²) < 4.78 is 0. The first kappa shape index (κ1) is 33.7. The Hall–Kier alpha value is -3.55. The van der Waals surface area contributed by atoms with Gasteiger partial charge in [-0.05, 0) is 6.07 Å². The molecule has 2 aliphatic heterocycles. The molecule has 4 aromatic heterocycles. The molecule has 0 radical (unpaired) electrons. The van der Waals surface area contributed by atoms with E-state index in [4.69, 9.17) is 26.8 Å². The third-order valence-electron chi connectivity index (χ3n) is 6.72. The van der Waals surface area contributed by atoms with Crippen LogP contribution in [0.3, 0.4) is 0 Å². The topological polar surface area (TPSA) is 303 Å². The van der Waals surface area contributed by atoms with Gasteiger partial charge in [0.05, 0.1) is 17.7 Å². The van der Waals surface area contributed by atoms with Gasteiger partial charge >= 0.3 is 0 Å². The number of β-amino-alcohol motifs (C(OH)–C–C–N with tert-alkyl or cyclic N) is 2. The number of halogens is 1. The first-order chi connectivity index (χ1) is 18.7. The maximum Gasteiger partial charge on any atom is 0.276 e. The lowest BCUT2D eigenvalue weighted by molar-refractivity contribution is 0.103. The van der Waals surface area contributed by atoms with Crippen LogP contribution >= 0.6 is 12.4 Å². The highest BCUT2D eigenvalue weighted by Crippen LogP contribution is 2.21. The monoisotopic (exact) mass is 600 g/mol. The molecule has 0 saturated carbocycles. The SMILES string of the molecule is Cl.Nc1nc2c(CN3C[C@H](CO)[C@H](O)C3)c[nH]c2c(=O)[nH]1.Nc1nc2cc[nH]c2c(=O)[nH]1.O.OC[C@H]1CNC[C@H]1O. The number of nitrogens with zero attached hydrogens (tertiary/aromatic N) is 3. The van der Waals surface area contributed by atoms with E-state index >= 15 is 0 Å². The van der Waals surface area contributed by atoms with Gasteiger partial charge in [-0.15, -0.1) is 12.4 Å². The Morgan fingerprint density at radius 2 is 1.56 bits per heavy atom. The number of nitrogen functional groups attached to an aromatic ring is 2. The average Bonchev–Trinajstić information content (AvgIpc) is 3.68. The molecule has 2 fully saturated rings. The summed E-state index contributed by atoms with van der Waals surface area (Å²) in [5.41, 5.74) is 13.2. The number of hydrogen-bond donors (Lipinski definition) is 11. The van der Waals surface area contributed by atoms with Gasteiger partial charge in [0.25, 0.3) is 11.1 Å². The Kier molecular flexibility index (Phi) is 12.2. The molecule has 18 heteroatoms. The summed E-state index contributed by atoms with van der Waals surface area (Å²) in [6, 6.07) is 1.70. The van der Waals surface area contributed by atoms with E-state index in [1.54, 1.807) is 18.5 Å². The van der Waals surface area contributed by atoms with Crippen LogP contribution in [-0.2, 0) is 6.54 Å². The predicted molar refractivity (Wildman–Crippen MR) is 154 cm³/mol. The molecule has 15 N–H and O–H groups in total. The van der Waals surface area contributed by atoms with Crippen molar-refractivity contribution in [3.05, 3.63) is 44.7 Å². The normalized spacial score (nSPS) is 21.9. The molecule has 0 bridgehead atoms. The molecule has 2 aliphatic rings. The van der Waals surface area contributed by atoms with Crippen LogP contribution in [0.15, 0.2) is 28.0 Å². The van der Waals surface area contributed by atoms with Crippen molar-refractivity contribution in [1.29, 1.82) is 0 Å². The van der Waals surface area contributed by atoms with Gasteiger partial charge in [0.1, 0.15) is 16.6 Å². The van der Waals surface area contributed by atoms with Gasteiger partial charge in [-0.3, -0.25) is 24.5 Å². The lowest BCUT2D eigenvalue weighted by Crippen LogP contribution is -2.21. The summed E-state index contributed by atoms with van der Waals surface area (Å²) in [6.07, 6.45) is 2.52. The second kappa shape index (κ2) is 14.9. The van der Waals surface area contributed by atoms with E-state index in [1.807, 2.05) is 4.90 Å². The van der Waals surface area contributed by atoms with Crippen molar-refractivity contribution < 1.29 is 25.9 Å². The third-order valence-corrected chi connectivity index (χ3v) is 6.72. The Balaban J connectivity index is 0.000000237. The van der Waals surface area contributed by atoms with Crippen molar-refractivity contribution in [3.63, 3.8) is 0 Å². The number of fused-ring (bicyclic) bond motifs is 2. The molecule has 0 spiro atoms. The second-order valence-electron chi connectivity index (χ2n) is 9.55. The first-order valence-corrected chi connectivity index (χ1v) is 12.4.